The van der Waals surface area contributed by atoms with Crippen LogP contribution in [-0.4, -0.2) is 42.6 Å². The normalized spacial score (nSPS) is 25.5. The Balaban J connectivity index is 1.69. The molecule has 2 N–H and O–H groups in total. The average Bonchev–Trinajstić information content (AvgIpc) is 2.93. The third kappa shape index (κ3) is 2.44. The molecule has 3 aliphatic rings. The Hall–Kier alpha value is -2.86. The van der Waals surface area contributed by atoms with Crippen molar-refractivity contribution < 1.29 is 14.3 Å². The van der Waals surface area contributed by atoms with Gasteiger partial charge < -0.3 is 15.2 Å². The van der Waals surface area contributed by atoms with Crippen LogP contribution in [0.5, 0.6) is 5.75 Å². The lowest BCUT2D eigenvalue weighted by Gasteiger charge is -2.46. The molecular weight excluding hydrogens is 354 g/mol. The number of benzene rings is 2. The van der Waals surface area contributed by atoms with Crippen LogP contribution in [0.2, 0.25) is 0 Å². The zero-order valence-corrected chi connectivity index (χ0v) is 15.9. The molecular formula is C22H23N3O3. The lowest BCUT2D eigenvalue weighted by molar-refractivity contribution is -0.137. The molecule has 3 aliphatic heterocycles. The number of hydrogen-bond acceptors (Lipinski definition) is 5. The Morgan fingerprint density at radius 3 is 2.50 bits per heavy atom. The minimum atomic E-state index is -1.03. The lowest BCUT2D eigenvalue weighted by Crippen LogP contribution is -2.53. The van der Waals surface area contributed by atoms with E-state index in [9.17, 15) is 4.79 Å². The summed E-state index contributed by atoms with van der Waals surface area (Å²) >= 11 is 0. The molecule has 1 atom stereocenters. The predicted octanol–water partition coefficient (Wildman–Crippen LogP) is 2.67. The first-order valence-electron chi connectivity index (χ1n) is 9.63. The summed E-state index contributed by atoms with van der Waals surface area (Å²) in [4.78, 5) is 19.5. The van der Waals surface area contributed by atoms with E-state index in [0.29, 0.717) is 25.4 Å². The molecule has 28 heavy (non-hydrogen) atoms. The van der Waals surface area contributed by atoms with Crippen molar-refractivity contribution in [1.82, 2.24) is 4.90 Å². The highest BCUT2D eigenvalue weighted by Crippen LogP contribution is 2.52. The fourth-order valence-corrected chi connectivity index (χ4v) is 4.60. The SMILES string of the molecule is CN1C(=O)C2(CC3(CCOCC3)Oc3ccc(-c4ccccc4)cc32)N=C1N. The van der Waals surface area contributed by atoms with Crippen LogP contribution in [0.4, 0.5) is 0 Å². The number of guanidine groups is 1. The van der Waals surface area contributed by atoms with Gasteiger partial charge in [0.1, 0.15) is 11.4 Å². The van der Waals surface area contributed by atoms with Crippen LogP contribution in [0.25, 0.3) is 11.1 Å². The van der Waals surface area contributed by atoms with Crippen LogP contribution in [0.3, 0.4) is 0 Å². The number of amides is 1. The first-order valence-corrected chi connectivity index (χ1v) is 9.63. The van der Waals surface area contributed by atoms with Crippen molar-refractivity contribution in [3.8, 4) is 16.9 Å². The molecule has 6 heteroatoms. The smallest absolute Gasteiger partial charge is 0.261 e. The monoisotopic (exact) mass is 377 g/mol. The molecule has 2 spiro atoms. The Morgan fingerprint density at radius 2 is 1.82 bits per heavy atom. The van der Waals surface area contributed by atoms with Crippen LogP contribution >= 0.6 is 0 Å². The van der Waals surface area contributed by atoms with Crippen molar-refractivity contribution in [1.29, 1.82) is 0 Å². The molecule has 5 rings (SSSR count). The second-order valence-electron chi connectivity index (χ2n) is 7.85. The number of likely N-dealkylation sites (N-methyl/N-ethyl adjacent to an activating group) is 1. The van der Waals surface area contributed by atoms with Crippen molar-refractivity contribution >= 4 is 11.9 Å². The highest BCUT2D eigenvalue weighted by Gasteiger charge is 2.58. The Labute approximate surface area is 164 Å². The zero-order valence-electron chi connectivity index (χ0n) is 15.9. The van der Waals surface area contributed by atoms with E-state index in [-0.39, 0.29) is 11.9 Å². The molecule has 1 unspecified atom stereocenters. The van der Waals surface area contributed by atoms with Gasteiger partial charge in [-0.3, -0.25) is 9.69 Å². The van der Waals surface area contributed by atoms with E-state index in [0.717, 1.165) is 29.5 Å². The molecule has 1 fully saturated rings. The highest BCUT2D eigenvalue weighted by molar-refractivity contribution is 6.07. The number of rotatable bonds is 1. The van der Waals surface area contributed by atoms with Gasteiger partial charge in [0, 0.05) is 31.9 Å². The van der Waals surface area contributed by atoms with Crippen LogP contribution < -0.4 is 10.5 Å². The van der Waals surface area contributed by atoms with Crippen molar-refractivity contribution in [2.75, 3.05) is 20.3 Å². The summed E-state index contributed by atoms with van der Waals surface area (Å²) < 4.78 is 12.0. The summed E-state index contributed by atoms with van der Waals surface area (Å²) in [5.41, 5.74) is 7.51. The Kier molecular flexibility index (Phi) is 3.74. The van der Waals surface area contributed by atoms with E-state index in [1.54, 1.807) is 7.05 Å². The molecule has 0 bridgehead atoms. The van der Waals surface area contributed by atoms with E-state index >= 15 is 0 Å². The van der Waals surface area contributed by atoms with E-state index in [4.69, 9.17) is 20.2 Å². The predicted molar refractivity (Wildman–Crippen MR) is 106 cm³/mol. The number of carbonyl (C=O) groups excluding carboxylic acids is 1. The molecule has 1 saturated heterocycles. The number of ether oxygens (including phenoxy) is 2. The second kappa shape index (κ2) is 6.07. The number of aliphatic imine (C=N–C) groups is 1. The minimum Gasteiger partial charge on any atom is -0.487 e. The summed E-state index contributed by atoms with van der Waals surface area (Å²) in [6, 6.07) is 16.1. The zero-order chi connectivity index (χ0) is 19.4. The van der Waals surface area contributed by atoms with Gasteiger partial charge >= 0.3 is 0 Å². The summed E-state index contributed by atoms with van der Waals surface area (Å²) in [7, 11) is 1.68. The van der Waals surface area contributed by atoms with Crippen LogP contribution in [0.1, 0.15) is 24.8 Å². The number of hydrogen-bond donors (Lipinski definition) is 1. The minimum absolute atomic E-state index is 0.0920. The van der Waals surface area contributed by atoms with E-state index in [1.165, 1.54) is 4.90 Å². The van der Waals surface area contributed by atoms with E-state index in [1.807, 2.05) is 36.4 Å². The van der Waals surface area contributed by atoms with Crippen LogP contribution in [-0.2, 0) is 15.1 Å². The molecule has 0 saturated carbocycles. The fourth-order valence-electron chi connectivity index (χ4n) is 4.60. The Bertz CT molecular complexity index is 966. The Morgan fingerprint density at radius 1 is 1.07 bits per heavy atom. The first kappa shape index (κ1) is 17.3. The van der Waals surface area contributed by atoms with Gasteiger partial charge in [-0.2, -0.15) is 0 Å². The van der Waals surface area contributed by atoms with Gasteiger partial charge in [-0.15, -0.1) is 0 Å². The van der Waals surface area contributed by atoms with Gasteiger partial charge in [0.15, 0.2) is 11.5 Å². The largest absolute Gasteiger partial charge is 0.487 e. The maximum atomic E-state index is 13.4. The molecule has 0 aliphatic carbocycles. The molecule has 2 aromatic rings. The number of nitrogens with two attached hydrogens (primary N) is 1. The van der Waals surface area contributed by atoms with Crippen molar-refractivity contribution in [2.24, 2.45) is 10.7 Å². The molecule has 0 radical (unpaired) electrons. The van der Waals surface area contributed by atoms with Gasteiger partial charge in [-0.1, -0.05) is 36.4 Å². The molecule has 6 nitrogen and oxygen atoms in total. The van der Waals surface area contributed by atoms with E-state index < -0.39 is 11.1 Å². The van der Waals surface area contributed by atoms with Gasteiger partial charge in [0.25, 0.3) is 5.91 Å². The number of nitrogens with zero attached hydrogens (tertiary/aromatic N) is 2. The number of fused-ring (bicyclic) bond motifs is 2. The quantitative estimate of drug-likeness (QED) is 0.829. The fraction of sp³-hybridized carbons (Fsp3) is 0.364. The van der Waals surface area contributed by atoms with Gasteiger partial charge in [-0.05, 0) is 23.3 Å². The van der Waals surface area contributed by atoms with Crippen molar-refractivity contribution in [3.05, 3.63) is 54.1 Å². The van der Waals surface area contributed by atoms with Crippen LogP contribution in [0, 0.1) is 0 Å². The molecule has 1 amide bonds. The van der Waals surface area contributed by atoms with Crippen LogP contribution in [0.15, 0.2) is 53.5 Å². The topological polar surface area (TPSA) is 77.2 Å². The lowest BCUT2D eigenvalue weighted by atomic mass is 9.73. The molecule has 3 heterocycles. The maximum Gasteiger partial charge on any atom is 0.261 e. The summed E-state index contributed by atoms with van der Waals surface area (Å²) in [6.07, 6.45) is 1.96. The van der Waals surface area contributed by atoms with E-state index in [2.05, 4.69) is 12.1 Å². The first-order chi connectivity index (χ1) is 13.5. The third-order valence-electron chi connectivity index (χ3n) is 6.15. The standard InChI is InChI=1S/C22H23N3O3/c1-25-19(26)22(24-20(25)23)14-21(9-11-27-12-10-21)28-18-8-7-16(13-17(18)22)15-5-3-2-4-6-15/h2-8,13H,9-12,14H2,1H3,(H2,23,24). The summed E-state index contributed by atoms with van der Waals surface area (Å²) in [6.45, 7) is 1.24. The highest BCUT2D eigenvalue weighted by atomic mass is 16.5. The maximum absolute atomic E-state index is 13.4. The molecule has 144 valence electrons. The van der Waals surface area contributed by atoms with Crippen molar-refractivity contribution in [3.63, 3.8) is 0 Å². The average molecular weight is 377 g/mol. The van der Waals surface area contributed by atoms with Gasteiger partial charge in [0.2, 0.25) is 0 Å². The molecule has 0 aromatic heterocycles. The second-order valence-corrected chi connectivity index (χ2v) is 7.85. The number of carbonyl (C=O) groups is 1. The molecule has 2 aromatic carbocycles. The van der Waals surface area contributed by atoms with Gasteiger partial charge in [0.05, 0.1) is 13.2 Å². The van der Waals surface area contributed by atoms with Gasteiger partial charge in [-0.25, -0.2) is 4.99 Å². The summed E-state index contributed by atoms with van der Waals surface area (Å²) in [5.74, 6) is 0.879. The third-order valence-corrected chi connectivity index (χ3v) is 6.15. The van der Waals surface area contributed by atoms with Crippen molar-refractivity contribution in [2.45, 2.75) is 30.4 Å². The summed E-state index contributed by atoms with van der Waals surface area (Å²) in [5, 5.41) is 0.